The first-order valence-electron chi connectivity index (χ1n) is 5.34. The monoisotopic (exact) mass is 241 g/mol. The van der Waals surface area contributed by atoms with E-state index in [-0.39, 0.29) is 12.2 Å². The van der Waals surface area contributed by atoms with E-state index in [2.05, 4.69) is 15.0 Å². The molecule has 0 aromatic carbocycles. The van der Waals surface area contributed by atoms with Crippen molar-refractivity contribution in [3.8, 4) is 0 Å². The molecule has 1 aromatic rings. The Morgan fingerprint density at radius 3 is 2.88 bits per heavy atom. The molecule has 0 spiro atoms. The molecular formula is C10H15N3O4. The molecule has 2 rings (SSSR count). The topological polar surface area (TPSA) is 88.7 Å². The lowest BCUT2D eigenvalue weighted by atomic mass is 9.96. The van der Waals surface area contributed by atoms with Crippen LogP contribution in [0.5, 0.6) is 0 Å². The number of rotatable bonds is 5. The fraction of sp³-hybridized carbons (Fsp3) is 0.700. The fourth-order valence-corrected chi connectivity index (χ4v) is 1.94. The largest absolute Gasteiger partial charge is 0.480 e. The molecule has 7 nitrogen and oxygen atoms in total. The van der Waals surface area contributed by atoms with Crippen molar-refractivity contribution in [2.75, 3.05) is 19.7 Å². The van der Waals surface area contributed by atoms with Crippen LogP contribution >= 0.6 is 0 Å². The predicted molar refractivity (Wildman–Crippen MR) is 56.3 cm³/mol. The average molecular weight is 241 g/mol. The molecule has 1 N–H and O–H groups in total. The average Bonchev–Trinajstić information content (AvgIpc) is 2.59. The minimum Gasteiger partial charge on any atom is -0.480 e. The molecule has 17 heavy (non-hydrogen) atoms. The Bertz CT molecular complexity index is 411. The van der Waals surface area contributed by atoms with Gasteiger partial charge in [0.05, 0.1) is 12.1 Å². The van der Waals surface area contributed by atoms with E-state index in [1.54, 1.807) is 6.92 Å². The molecule has 0 aliphatic carbocycles. The van der Waals surface area contributed by atoms with Crippen molar-refractivity contribution in [3.05, 3.63) is 11.7 Å². The second-order valence-electron chi connectivity index (χ2n) is 4.51. The molecule has 0 radical (unpaired) electrons. The zero-order valence-electron chi connectivity index (χ0n) is 9.84. The van der Waals surface area contributed by atoms with E-state index >= 15 is 0 Å². The molecule has 94 valence electrons. The lowest BCUT2D eigenvalue weighted by molar-refractivity contribution is -0.166. The number of aliphatic carboxylic acids is 1. The van der Waals surface area contributed by atoms with Gasteiger partial charge in [-0.25, -0.2) is 4.79 Å². The molecule has 0 bridgehead atoms. The molecular weight excluding hydrogens is 226 g/mol. The molecule has 1 saturated heterocycles. The minimum absolute atomic E-state index is 0.258. The van der Waals surface area contributed by atoms with Crippen LogP contribution in [0.2, 0.25) is 0 Å². The number of hydrogen-bond acceptors (Lipinski definition) is 6. The van der Waals surface area contributed by atoms with Crippen LogP contribution in [-0.2, 0) is 16.1 Å². The Morgan fingerprint density at radius 1 is 1.65 bits per heavy atom. The maximum absolute atomic E-state index is 10.4. The molecule has 2 heterocycles. The molecule has 0 unspecified atom stereocenters. The number of aryl methyl sites for hydroxylation is 1. The first kappa shape index (κ1) is 12.0. The lowest BCUT2D eigenvalue weighted by Gasteiger charge is -2.46. The quantitative estimate of drug-likeness (QED) is 0.779. The maximum Gasteiger partial charge on any atom is 0.329 e. The highest BCUT2D eigenvalue weighted by Crippen LogP contribution is 2.25. The molecule has 1 fully saturated rings. The van der Waals surface area contributed by atoms with Crippen molar-refractivity contribution in [1.29, 1.82) is 0 Å². The number of carboxylic acid groups (broad SMARTS) is 1. The van der Waals surface area contributed by atoms with Gasteiger partial charge in [-0.2, -0.15) is 4.98 Å². The van der Waals surface area contributed by atoms with Crippen molar-refractivity contribution >= 4 is 5.97 Å². The third-order valence-electron chi connectivity index (χ3n) is 2.59. The van der Waals surface area contributed by atoms with Crippen molar-refractivity contribution < 1.29 is 19.2 Å². The Hall–Kier alpha value is -1.47. The number of nitrogens with zero attached hydrogens (tertiary/aromatic N) is 3. The van der Waals surface area contributed by atoms with Crippen molar-refractivity contribution in [1.82, 2.24) is 15.0 Å². The highest BCUT2D eigenvalue weighted by Gasteiger charge is 2.40. The molecule has 1 aliphatic rings. The van der Waals surface area contributed by atoms with E-state index < -0.39 is 5.97 Å². The fourth-order valence-electron chi connectivity index (χ4n) is 1.94. The van der Waals surface area contributed by atoms with Gasteiger partial charge in [0.15, 0.2) is 5.82 Å². The van der Waals surface area contributed by atoms with E-state index in [9.17, 15) is 4.79 Å². The van der Waals surface area contributed by atoms with Crippen LogP contribution in [0.25, 0.3) is 0 Å². The Balaban J connectivity index is 1.76. The Labute approximate surface area is 98.4 Å². The Morgan fingerprint density at radius 2 is 2.35 bits per heavy atom. The number of carboxylic acids is 1. The van der Waals surface area contributed by atoms with E-state index in [0.29, 0.717) is 31.3 Å². The van der Waals surface area contributed by atoms with Crippen LogP contribution in [0.1, 0.15) is 18.6 Å². The van der Waals surface area contributed by atoms with Gasteiger partial charge < -0.3 is 14.4 Å². The second-order valence-corrected chi connectivity index (χ2v) is 4.51. The molecule has 1 aliphatic heterocycles. The standard InChI is InChI=1S/C10H15N3O4/c1-7-11-8(12-17-7)3-13-5-10(2,6-13)16-4-9(14)15/h3-6H2,1-2H3,(H,14,15). The van der Waals surface area contributed by atoms with Crippen LogP contribution in [-0.4, -0.2) is 51.4 Å². The molecule has 1 aromatic heterocycles. The number of carbonyl (C=O) groups is 1. The highest BCUT2D eigenvalue weighted by molar-refractivity contribution is 5.68. The first-order valence-corrected chi connectivity index (χ1v) is 5.34. The molecule has 0 atom stereocenters. The van der Waals surface area contributed by atoms with E-state index in [1.807, 2.05) is 6.92 Å². The zero-order chi connectivity index (χ0) is 12.5. The van der Waals surface area contributed by atoms with Gasteiger partial charge in [0, 0.05) is 20.0 Å². The molecule has 7 heteroatoms. The summed E-state index contributed by atoms with van der Waals surface area (Å²) in [6, 6.07) is 0. The van der Waals surface area contributed by atoms with Gasteiger partial charge >= 0.3 is 5.97 Å². The van der Waals surface area contributed by atoms with Crippen LogP contribution in [0.15, 0.2) is 4.52 Å². The van der Waals surface area contributed by atoms with Gasteiger partial charge in [-0.05, 0) is 6.92 Å². The normalized spacial score (nSPS) is 18.9. The van der Waals surface area contributed by atoms with Gasteiger partial charge in [0.1, 0.15) is 6.61 Å². The lowest BCUT2D eigenvalue weighted by Crippen LogP contribution is -2.61. The first-order chi connectivity index (χ1) is 7.97. The van der Waals surface area contributed by atoms with Crippen molar-refractivity contribution in [2.45, 2.75) is 26.0 Å². The van der Waals surface area contributed by atoms with E-state index in [1.165, 1.54) is 0 Å². The van der Waals surface area contributed by atoms with Gasteiger partial charge in [-0.1, -0.05) is 5.16 Å². The zero-order valence-corrected chi connectivity index (χ0v) is 9.84. The van der Waals surface area contributed by atoms with Gasteiger partial charge in [-0.3, -0.25) is 4.90 Å². The number of likely N-dealkylation sites (tertiary alicyclic amines) is 1. The van der Waals surface area contributed by atoms with Gasteiger partial charge in [0.2, 0.25) is 5.89 Å². The number of ether oxygens (including phenoxy) is 1. The predicted octanol–water partition coefficient (Wildman–Crippen LogP) is 0.0535. The third kappa shape index (κ3) is 3.01. The SMILES string of the molecule is Cc1nc(CN2CC(C)(OCC(=O)O)C2)no1. The molecule has 0 saturated carbocycles. The van der Waals surface area contributed by atoms with E-state index in [4.69, 9.17) is 14.4 Å². The highest BCUT2D eigenvalue weighted by atomic mass is 16.5. The van der Waals surface area contributed by atoms with Crippen LogP contribution in [0.3, 0.4) is 0 Å². The second kappa shape index (κ2) is 4.42. The number of hydrogen-bond donors (Lipinski definition) is 1. The van der Waals surface area contributed by atoms with Gasteiger partial charge in [0.25, 0.3) is 0 Å². The number of aromatic nitrogens is 2. The summed E-state index contributed by atoms with van der Waals surface area (Å²) in [5.41, 5.74) is -0.378. The summed E-state index contributed by atoms with van der Waals surface area (Å²) in [4.78, 5) is 16.6. The van der Waals surface area contributed by atoms with Crippen molar-refractivity contribution in [2.24, 2.45) is 0 Å². The smallest absolute Gasteiger partial charge is 0.329 e. The van der Waals surface area contributed by atoms with Crippen LogP contribution < -0.4 is 0 Å². The summed E-state index contributed by atoms with van der Waals surface area (Å²) < 4.78 is 10.2. The summed E-state index contributed by atoms with van der Waals surface area (Å²) in [5.74, 6) is 0.242. The van der Waals surface area contributed by atoms with Gasteiger partial charge in [-0.15, -0.1) is 0 Å². The molecule has 0 amide bonds. The summed E-state index contributed by atoms with van der Waals surface area (Å²) >= 11 is 0. The van der Waals surface area contributed by atoms with E-state index in [0.717, 1.165) is 0 Å². The summed E-state index contributed by atoms with van der Waals surface area (Å²) in [6.07, 6.45) is 0. The Kier molecular flexibility index (Phi) is 3.12. The van der Waals surface area contributed by atoms with Crippen molar-refractivity contribution in [3.63, 3.8) is 0 Å². The third-order valence-corrected chi connectivity index (χ3v) is 2.59. The summed E-state index contributed by atoms with van der Waals surface area (Å²) in [7, 11) is 0. The van der Waals surface area contributed by atoms with Crippen LogP contribution in [0.4, 0.5) is 0 Å². The van der Waals surface area contributed by atoms with Crippen LogP contribution in [0, 0.1) is 6.92 Å². The summed E-state index contributed by atoms with van der Waals surface area (Å²) in [5, 5.41) is 12.3. The maximum atomic E-state index is 10.4. The summed E-state index contributed by atoms with van der Waals surface area (Å²) in [6.45, 7) is 5.33. The minimum atomic E-state index is -0.946.